The fourth-order valence-corrected chi connectivity index (χ4v) is 4.99. The molecule has 0 aliphatic rings. The molecule has 0 bridgehead atoms. The molecular weight excluding hydrogens is 336 g/mol. The second-order valence-electron chi connectivity index (χ2n) is 3.87. The summed E-state index contributed by atoms with van der Waals surface area (Å²) in [6.45, 7) is 4.54. The first-order valence-electron chi connectivity index (χ1n) is 5.57. The number of alkyl halides is 1. The fourth-order valence-electron chi connectivity index (χ4n) is 1.89. The highest BCUT2D eigenvalue weighted by Gasteiger charge is 2.21. The first-order valence-corrected chi connectivity index (χ1v) is 8.16. The van der Waals surface area contributed by atoms with Crippen molar-refractivity contribution in [2.75, 3.05) is 0 Å². The molecule has 0 aliphatic heterocycles. The fraction of sp³-hybridized carbons (Fsp3) is 0.667. The molecule has 1 atom stereocenters. The summed E-state index contributed by atoms with van der Waals surface area (Å²) in [4.78, 5) is 1.97. The van der Waals surface area contributed by atoms with E-state index in [1.54, 1.807) is 0 Å². The van der Waals surface area contributed by atoms with Crippen LogP contribution in [-0.4, -0.2) is 0 Å². The third-order valence-electron chi connectivity index (χ3n) is 2.63. The summed E-state index contributed by atoms with van der Waals surface area (Å²) in [7, 11) is 0. The van der Waals surface area contributed by atoms with Crippen LogP contribution in [0.2, 0.25) is 0 Å². The van der Waals surface area contributed by atoms with E-state index in [4.69, 9.17) is 0 Å². The Kier molecular flexibility index (Phi) is 6.48. The van der Waals surface area contributed by atoms with Gasteiger partial charge in [-0.3, -0.25) is 0 Å². The maximum Gasteiger partial charge on any atom is 0.0528 e. The highest BCUT2D eigenvalue weighted by molar-refractivity contribution is 9.11. The van der Waals surface area contributed by atoms with Crippen LogP contribution >= 0.6 is 43.2 Å². The van der Waals surface area contributed by atoms with Crippen LogP contribution in [-0.2, 0) is 0 Å². The lowest BCUT2D eigenvalue weighted by molar-refractivity contribution is 0.437. The summed E-state index contributed by atoms with van der Waals surface area (Å²) < 4.78 is 1.26. The maximum absolute atomic E-state index is 3.86. The molecule has 0 spiro atoms. The zero-order valence-electron chi connectivity index (χ0n) is 9.30. The van der Waals surface area contributed by atoms with Crippen molar-refractivity contribution in [3.05, 3.63) is 20.8 Å². The van der Waals surface area contributed by atoms with Gasteiger partial charge in [0.15, 0.2) is 0 Å². The van der Waals surface area contributed by atoms with Crippen molar-refractivity contribution in [2.45, 2.75) is 44.4 Å². The first-order chi connectivity index (χ1) is 7.20. The molecule has 1 unspecified atom stereocenters. The average molecular weight is 354 g/mol. The highest BCUT2D eigenvalue weighted by Crippen LogP contribution is 2.42. The van der Waals surface area contributed by atoms with E-state index in [0.29, 0.717) is 4.83 Å². The van der Waals surface area contributed by atoms with Crippen LogP contribution in [0, 0.1) is 5.92 Å². The topological polar surface area (TPSA) is 0 Å². The van der Waals surface area contributed by atoms with Gasteiger partial charge in [0.1, 0.15) is 0 Å². The molecule has 15 heavy (non-hydrogen) atoms. The predicted molar refractivity (Wildman–Crippen MR) is 77.0 cm³/mol. The van der Waals surface area contributed by atoms with Gasteiger partial charge >= 0.3 is 0 Å². The van der Waals surface area contributed by atoms with Crippen molar-refractivity contribution in [1.82, 2.24) is 0 Å². The molecule has 3 heteroatoms. The Morgan fingerprint density at radius 3 is 2.27 bits per heavy atom. The molecule has 86 valence electrons. The summed E-state index contributed by atoms with van der Waals surface area (Å²) in [6, 6.07) is 2.14. The molecule has 1 aromatic heterocycles. The summed E-state index contributed by atoms with van der Waals surface area (Å²) in [5.41, 5.74) is 0. The minimum Gasteiger partial charge on any atom is -0.147 e. The quantitative estimate of drug-likeness (QED) is 0.537. The number of halogens is 2. The summed E-state index contributed by atoms with van der Waals surface area (Å²) in [6.07, 6.45) is 5.17. The SMILES string of the molecule is CCCC(CCC)C(Br)c1sccc1Br. The van der Waals surface area contributed by atoms with E-state index >= 15 is 0 Å². The van der Waals surface area contributed by atoms with Crippen LogP contribution < -0.4 is 0 Å². The Bertz CT molecular complexity index is 277. The van der Waals surface area contributed by atoms with E-state index in [0.717, 1.165) is 5.92 Å². The van der Waals surface area contributed by atoms with Gasteiger partial charge in [0.2, 0.25) is 0 Å². The van der Waals surface area contributed by atoms with E-state index in [-0.39, 0.29) is 0 Å². The van der Waals surface area contributed by atoms with Crippen molar-refractivity contribution in [1.29, 1.82) is 0 Å². The molecule has 1 aromatic rings. The Labute approximate surface area is 114 Å². The molecule has 0 aliphatic carbocycles. The molecule has 0 N–H and O–H groups in total. The molecule has 0 amide bonds. The van der Waals surface area contributed by atoms with E-state index in [1.165, 1.54) is 35.0 Å². The molecule has 0 saturated heterocycles. The van der Waals surface area contributed by atoms with Crippen LogP contribution in [0.3, 0.4) is 0 Å². The zero-order chi connectivity index (χ0) is 11.3. The lowest BCUT2D eigenvalue weighted by Crippen LogP contribution is -2.06. The van der Waals surface area contributed by atoms with Gasteiger partial charge in [0, 0.05) is 9.35 Å². The highest BCUT2D eigenvalue weighted by atomic mass is 79.9. The van der Waals surface area contributed by atoms with Gasteiger partial charge in [0.05, 0.1) is 4.83 Å². The second-order valence-corrected chi connectivity index (χ2v) is 6.66. The van der Waals surface area contributed by atoms with Crippen molar-refractivity contribution >= 4 is 43.2 Å². The Morgan fingerprint density at radius 2 is 1.87 bits per heavy atom. The van der Waals surface area contributed by atoms with Gasteiger partial charge in [0.25, 0.3) is 0 Å². The molecule has 1 rings (SSSR count). The lowest BCUT2D eigenvalue weighted by Gasteiger charge is -2.21. The molecule has 0 aromatic carbocycles. The first kappa shape index (κ1) is 13.7. The lowest BCUT2D eigenvalue weighted by atomic mass is 9.94. The van der Waals surface area contributed by atoms with Crippen molar-refractivity contribution in [3.63, 3.8) is 0 Å². The molecule has 0 saturated carbocycles. The van der Waals surface area contributed by atoms with Crippen molar-refractivity contribution < 1.29 is 0 Å². The monoisotopic (exact) mass is 352 g/mol. The minimum atomic E-state index is 0.520. The molecule has 0 nitrogen and oxygen atoms in total. The Hall–Kier alpha value is 0.660. The number of rotatable bonds is 6. The molecule has 0 fully saturated rings. The van der Waals surface area contributed by atoms with E-state index in [9.17, 15) is 0 Å². The summed E-state index contributed by atoms with van der Waals surface area (Å²) >= 11 is 9.33. The molecule has 1 heterocycles. The van der Waals surface area contributed by atoms with Gasteiger partial charge in [-0.1, -0.05) is 42.6 Å². The smallest absolute Gasteiger partial charge is 0.0528 e. The van der Waals surface area contributed by atoms with Crippen LogP contribution in [0.4, 0.5) is 0 Å². The third-order valence-corrected chi connectivity index (χ3v) is 6.09. The largest absolute Gasteiger partial charge is 0.147 e. The normalized spacial score (nSPS) is 13.4. The van der Waals surface area contributed by atoms with Gasteiger partial charge < -0.3 is 0 Å². The van der Waals surface area contributed by atoms with Gasteiger partial charge in [-0.2, -0.15) is 0 Å². The molecular formula is C12H18Br2S. The van der Waals surface area contributed by atoms with Crippen molar-refractivity contribution in [3.8, 4) is 0 Å². The molecule has 0 radical (unpaired) electrons. The van der Waals surface area contributed by atoms with Crippen LogP contribution in [0.5, 0.6) is 0 Å². The van der Waals surface area contributed by atoms with Crippen LogP contribution in [0.1, 0.15) is 49.2 Å². The van der Waals surface area contributed by atoms with Crippen LogP contribution in [0.15, 0.2) is 15.9 Å². The third kappa shape index (κ3) is 3.86. The number of hydrogen-bond acceptors (Lipinski definition) is 1. The maximum atomic E-state index is 3.86. The number of hydrogen-bond donors (Lipinski definition) is 0. The van der Waals surface area contributed by atoms with E-state index in [1.807, 2.05) is 11.3 Å². The van der Waals surface area contributed by atoms with Gasteiger partial charge in [-0.05, 0) is 46.1 Å². The second kappa shape index (κ2) is 7.08. The van der Waals surface area contributed by atoms with E-state index < -0.39 is 0 Å². The van der Waals surface area contributed by atoms with Gasteiger partial charge in [-0.25, -0.2) is 0 Å². The minimum absolute atomic E-state index is 0.520. The van der Waals surface area contributed by atoms with Gasteiger partial charge in [-0.15, -0.1) is 11.3 Å². The van der Waals surface area contributed by atoms with Crippen LogP contribution in [0.25, 0.3) is 0 Å². The van der Waals surface area contributed by atoms with Crippen molar-refractivity contribution in [2.24, 2.45) is 5.92 Å². The summed E-state index contributed by atoms with van der Waals surface area (Å²) in [5, 5.41) is 2.16. The number of thiophene rings is 1. The Morgan fingerprint density at radius 1 is 1.27 bits per heavy atom. The summed E-state index contributed by atoms with van der Waals surface area (Å²) in [5.74, 6) is 0.773. The Balaban J connectivity index is 2.71. The zero-order valence-corrected chi connectivity index (χ0v) is 13.3. The van der Waals surface area contributed by atoms with E-state index in [2.05, 4.69) is 57.2 Å². The average Bonchev–Trinajstić information content (AvgIpc) is 2.63. The standard InChI is InChI=1S/C12H18Br2S/c1-3-5-9(6-4-2)11(14)12-10(13)7-8-15-12/h7-9,11H,3-6H2,1-2H3. The predicted octanol–water partition coefficient (Wildman–Crippen LogP) is 6.16.